The Hall–Kier alpha value is -0.700. The second-order valence-electron chi connectivity index (χ2n) is 3.75. The van der Waals surface area contributed by atoms with Crippen molar-refractivity contribution >= 4 is 16.0 Å². The average molecular weight is 253 g/mol. The van der Waals surface area contributed by atoms with E-state index in [4.69, 9.17) is 10.8 Å². The van der Waals surface area contributed by atoms with E-state index in [1.165, 1.54) is 0 Å². The van der Waals surface area contributed by atoms with Gasteiger partial charge in [0.25, 0.3) is 0 Å². The molecule has 0 saturated heterocycles. The third kappa shape index (κ3) is 7.57. The van der Waals surface area contributed by atoms with E-state index in [1.807, 2.05) is 19.0 Å². The zero-order valence-electron chi connectivity index (χ0n) is 9.51. The van der Waals surface area contributed by atoms with E-state index in [0.717, 1.165) is 0 Å². The first kappa shape index (κ1) is 15.3. The molecule has 0 spiro atoms. The van der Waals surface area contributed by atoms with Gasteiger partial charge in [-0.2, -0.15) is 0 Å². The lowest BCUT2D eigenvalue weighted by atomic mass is 10.2. The van der Waals surface area contributed by atoms with E-state index in [2.05, 4.69) is 4.72 Å². The van der Waals surface area contributed by atoms with Crippen molar-refractivity contribution < 1.29 is 18.3 Å². The molecule has 8 heteroatoms. The van der Waals surface area contributed by atoms with Gasteiger partial charge in [0.2, 0.25) is 10.0 Å². The number of hydrogen-bond acceptors (Lipinski definition) is 5. The number of rotatable bonds is 8. The van der Waals surface area contributed by atoms with Gasteiger partial charge in [-0.3, -0.25) is 4.79 Å². The van der Waals surface area contributed by atoms with E-state index in [9.17, 15) is 13.2 Å². The fourth-order valence-corrected chi connectivity index (χ4v) is 2.01. The van der Waals surface area contributed by atoms with Crippen LogP contribution < -0.4 is 10.5 Å². The third-order valence-electron chi connectivity index (χ3n) is 1.90. The maximum Gasteiger partial charge on any atom is 0.320 e. The summed E-state index contributed by atoms with van der Waals surface area (Å²) in [5, 5.41) is 8.48. The monoisotopic (exact) mass is 253 g/mol. The minimum absolute atomic E-state index is 0.0906. The zero-order chi connectivity index (χ0) is 12.8. The minimum Gasteiger partial charge on any atom is -0.480 e. The molecule has 0 aromatic carbocycles. The average Bonchev–Trinajstić information content (AvgIpc) is 2.13. The summed E-state index contributed by atoms with van der Waals surface area (Å²) in [7, 11) is 0.230. The van der Waals surface area contributed by atoms with E-state index < -0.39 is 22.0 Å². The van der Waals surface area contributed by atoms with Crippen LogP contribution in [-0.2, 0) is 14.8 Å². The Morgan fingerprint density at radius 1 is 1.50 bits per heavy atom. The number of carboxylic acids is 1. The Balaban J connectivity index is 3.92. The second-order valence-corrected chi connectivity index (χ2v) is 5.68. The Kier molecular flexibility index (Phi) is 6.49. The number of nitrogens with zero attached hydrogens (tertiary/aromatic N) is 1. The van der Waals surface area contributed by atoms with Crippen LogP contribution in [0.5, 0.6) is 0 Å². The maximum absolute atomic E-state index is 11.4. The molecule has 0 aliphatic heterocycles. The van der Waals surface area contributed by atoms with Crippen LogP contribution in [0, 0.1) is 0 Å². The highest BCUT2D eigenvalue weighted by Gasteiger charge is 2.16. The lowest BCUT2D eigenvalue weighted by Gasteiger charge is -2.11. The van der Waals surface area contributed by atoms with Crippen LogP contribution in [0.1, 0.15) is 6.42 Å². The second kappa shape index (κ2) is 6.79. The topological polar surface area (TPSA) is 113 Å². The predicted octanol–water partition coefficient (Wildman–Crippen LogP) is -1.73. The van der Waals surface area contributed by atoms with Gasteiger partial charge in [-0.1, -0.05) is 0 Å². The van der Waals surface area contributed by atoms with Crippen LogP contribution >= 0.6 is 0 Å². The number of hydrogen-bond donors (Lipinski definition) is 3. The number of nitrogens with two attached hydrogens (primary N) is 1. The molecule has 0 aliphatic rings. The molecule has 0 heterocycles. The summed E-state index contributed by atoms with van der Waals surface area (Å²) in [4.78, 5) is 12.2. The summed E-state index contributed by atoms with van der Waals surface area (Å²) < 4.78 is 25.1. The van der Waals surface area contributed by atoms with Crippen LogP contribution in [0.2, 0.25) is 0 Å². The number of carboxylic acid groups (broad SMARTS) is 1. The quantitative estimate of drug-likeness (QED) is 0.474. The van der Waals surface area contributed by atoms with Crippen LogP contribution in [0.25, 0.3) is 0 Å². The fraction of sp³-hybridized carbons (Fsp3) is 0.875. The summed E-state index contributed by atoms with van der Waals surface area (Å²) in [5.41, 5.74) is 5.20. The summed E-state index contributed by atoms with van der Waals surface area (Å²) in [6, 6.07) is -1.13. The van der Waals surface area contributed by atoms with Gasteiger partial charge in [0.1, 0.15) is 6.04 Å². The highest BCUT2D eigenvalue weighted by atomic mass is 32.2. The van der Waals surface area contributed by atoms with Crippen molar-refractivity contribution in [3.8, 4) is 0 Å². The Morgan fingerprint density at radius 2 is 2.06 bits per heavy atom. The van der Waals surface area contributed by atoms with Gasteiger partial charge in [0.05, 0.1) is 5.75 Å². The summed E-state index contributed by atoms with van der Waals surface area (Å²) >= 11 is 0. The van der Waals surface area contributed by atoms with Crippen molar-refractivity contribution in [1.82, 2.24) is 9.62 Å². The van der Waals surface area contributed by atoms with Gasteiger partial charge < -0.3 is 15.7 Å². The molecule has 0 amide bonds. The molecule has 0 aliphatic carbocycles. The van der Waals surface area contributed by atoms with Crippen LogP contribution in [0.15, 0.2) is 0 Å². The van der Waals surface area contributed by atoms with E-state index >= 15 is 0 Å². The Morgan fingerprint density at radius 3 is 2.50 bits per heavy atom. The van der Waals surface area contributed by atoms with E-state index in [1.54, 1.807) is 0 Å². The highest BCUT2D eigenvalue weighted by molar-refractivity contribution is 7.89. The van der Waals surface area contributed by atoms with Crippen LogP contribution in [0.4, 0.5) is 0 Å². The third-order valence-corrected chi connectivity index (χ3v) is 3.31. The Bertz CT molecular complexity index is 315. The number of sulfonamides is 1. The summed E-state index contributed by atoms with van der Waals surface area (Å²) in [6.45, 7) is 0.891. The molecular weight excluding hydrogens is 234 g/mol. The van der Waals surface area contributed by atoms with Gasteiger partial charge in [0, 0.05) is 13.1 Å². The predicted molar refractivity (Wildman–Crippen MR) is 60.6 cm³/mol. The van der Waals surface area contributed by atoms with Crippen molar-refractivity contribution in [3.05, 3.63) is 0 Å². The molecule has 96 valence electrons. The summed E-state index contributed by atoms with van der Waals surface area (Å²) in [6.07, 6.45) is -0.0906. The smallest absolute Gasteiger partial charge is 0.320 e. The zero-order valence-corrected chi connectivity index (χ0v) is 10.3. The van der Waals surface area contributed by atoms with Gasteiger partial charge in [-0.15, -0.1) is 0 Å². The molecule has 0 bridgehead atoms. The molecule has 1 atom stereocenters. The molecule has 0 aromatic rings. The van der Waals surface area contributed by atoms with Crippen molar-refractivity contribution in [2.24, 2.45) is 5.73 Å². The maximum atomic E-state index is 11.4. The van der Waals surface area contributed by atoms with Crippen LogP contribution in [-0.4, -0.2) is 63.4 Å². The molecule has 0 fully saturated rings. The van der Waals surface area contributed by atoms with Crippen molar-refractivity contribution in [3.63, 3.8) is 0 Å². The lowest BCUT2D eigenvalue weighted by molar-refractivity contribution is -0.138. The molecule has 0 rings (SSSR count). The molecule has 7 nitrogen and oxygen atoms in total. The summed E-state index contributed by atoms with van der Waals surface area (Å²) in [5.74, 6) is -1.46. The van der Waals surface area contributed by atoms with Crippen molar-refractivity contribution in [1.29, 1.82) is 0 Å². The van der Waals surface area contributed by atoms with E-state index in [-0.39, 0.29) is 12.2 Å². The molecule has 4 N–H and O–H groups in total. The van der Waals surface area contributed by atoms with Gasteiger partial charge in [0.15, 0.2) is 0 Å². The minimum atomic E-state index is -3.43. The number of nitrogens with one attached hydrogen (secondary N) is 1. The van der Waals surface area contributed by atoms with Gasteiger partial charge in [-0.05, 0) is 20.5 Å². The van der Waals surface area contributed by atoms with Gasteiger partial charge >= 0.3 is 5.97 Å². The normalized spacial score (nSPS) is 14.0. The number of carbonyl (C=O) groups is 1. The van der Waals surface area contributed by atoms with E-state index in [0.29, 0.717) is 13.1 Å². The largest absolute Gasteiger partial charge is 0.480 e. The van der Waals surface area contributed by atoms with Crippen molar-refractivity contribution in [2.75, 3.05) is 32.9 Å². The molecular formula is C8H19N3O4S. The first-order valence-corrected chi connectivity index (χ1v) is 6.50. The molecule has 1 unspecified atom stereocenters. The molecule has 0 radical (unpaired) electrons. The number of aliphatic carboxylic acids is 1. The highest BCUT2D eigenvalue weighted by Crippen LogP contribution is 1.94. The standard InChI is InChI=1S/C8H19N3O4S/c1-11(2)5-4-10-16(14,15)6-3-7(9)8(12)13/h7,10H,3-6,9H2,1-2H3,(H,12,13). The fourth-order valence-electron chi connectivity index (χ4n) is 0.903. The first-order chi connectivity index (χ1) is 7.24. The number of likely N-dealkylation sites (N-methyl/N-ethyl adjacent to an activating group) is 1. The molecule has 0 aromatic heterocycles. The first-order valence-electron chi connectivity index (χ1n) is 4.85. The van der Waals surface area contributed by atoms with Gasteiger partial charge in [-0.25, -0.2) is 13.1 Å². The molecule has 16 heavy (non-hydrogen) atoms. The lowest BCUT2D eigenvalue weighted by Crippen LogP contribution is -2.37. The van der Waals surface area contributed by atoms with Crippen LogP contribution in [0.3, 0.4) is 0 Å². The SMILES string of the molecule is CN(C)CCNS(=O)(=O)CCC(N)C(=O)O. The van der Waals surface area contributed by atoms with Crippen molar-refractivity contribution in [2.45, 2.75) is 12.5 Å². The Labute approximate surface area is 95.7 Å². The molecule has 0 saturated carbocycles.